The molecule has 0 aliphatic carbocycles. The third-order valence-corrected chi connectivity index (χ3v) is 4.72. The summed E-state index contributed by atoms with van der Waals surface area (Å²) in [6.45, 7) is 2.90. The van der Waals surface area contributed by atoms with Crippen molar-refractivity contribution in [2.75, 3.05) is 25.0 Å². The van der Waals surface area contributed by atoms with Crippen molar-refractivity contribution < 1.29 is 13.2 Å². The SMILES string of the molecule is CCCNS(=O)(=O)c1ccc2c(c1)CCN2C(=O)NC. The van der Waals surface area contributed by atoms with Crippen molar-refractivity contribution in [3.63, 3.8) is 0 Å². The van der Waals surface area contributed by atoms with Gasteiger partial charge in [0.05, 0.1) is 4.90 Å². The first-order chi connectivity index (χ1) is 9.49. The van der Waals surface area contributed by atoms with Crippen molar-refractivity contribution >= 4 is 21.7 Å². The molecule has 1 aromatic rings. The fourth-order valence-electron chi connectivity index (χ4n) is 2.21. The predicted molar refractivity (Wildman–Crippen MR) is 77.4 cm³/mol. The highest BCUT2D eigenvalue weighted by Crippen LogP contribution is 2.30. The van der Waals surface area contributed by atoms with E-state index in [1.165, 1.54) is 6.07 Å². The lowest BCUT2D eigenvalue weighted by Crippen LogP contribution is -2.36. The fraction of sp³-hybridized carbons (Fsp3) is 0.462. The van der Waals surface area contributed by atoms with E-state index in [0.717, 1.165) is 17.7 Å². The average molecular weight is 297 g/mol. The molecule has 0 spiro atoms. The van der Waals surface area contributed by atoms with Gasteiger partial charge >= 0.3 is 6.03 Å². The molecule has 1 heterocycles. The molecule has 2 amide bonds. The number of sulfonamides is 1. The van der Waals surface area contributed by atoms with E-state index < -0.39 is 10.0 Å². The zero-order chi connectivity index (χ0) is 14.8. The molecule has 20 heavy (non-hydrogen) atoms. The van der Waals surface area contributed by atoms with Crippen molar-refractivity contribution in [1.82, 2.24) is 10.0 Å². The number of amides is 2. The maximum absolute atomic E-state index is 12.1. The Morgan fingerprint density at radius 2 is 2.15 bits per heavy atom. The largest absolute Gasteiger partial charge is 0.341 e. The Morgan fingerprint density at radius 1 is 1.40 bits per heavy atom. The smallest absolute Gasteiger partial charge is 0.321 e. The summed E-state index contributed by atoms with van der Waals surface area (Å²) in [6.07, 6.45) is 1.41. The van der Waals surface area contributed by atoms with Crippen molar-refractivity contribution in [3.05, 3.63) is 23.8 Å². The van der Waals surface area contributed by atoms with Crippen LogP contribution in [0.5, 0.6) is 0 Å². The summed E-state index contributed by atoms with van der Waals surface area (Å²) < 4.78 is 26.7. The molecular weight excluding hydrogens is 278 g/mol. The van der Waals surface area contributed by atoms with Gasteiger partial charge in [0.15, 0.2) is 0 Å². The Kier molecular flexibility index (Phi) is 4.29. The first-order valence-corrected chi connectivity index (χ1v) is 8.09. The number of nitrogens with one attached hydrogen (secondary N) is 2. The molecule has 0 fully saturated rings. The van der Waals surface area contributed by atoms with E-state index in [-0.39, 0.29) is 10.9 Å². The fourth-order valence-corrected chi connectivity index (χ4v) is 3.40. The number of benzene rings is 1. The second-order valence-corrected chi connectivity index (χ2v) is 6.41. The number of anilines is 1. The molecule has 0 atom stereocenters. The van der Waals surface area contributed by atoms with E-state index in [0.29, 0.717) is 19.5 Å². The minimum absolute atomic E-state index is 0.177. The van der Waals surface area contributed by atoms with E-state index >= 15 is 0 Å². The number of hydrogen-bond acceptors (Lipinski definition) is 3. The van der Waals surface area contributed by atoms with Crippen LogP contribution in [0, 0.1) is 0 Å². The van der Waals surface area contributed by atoms with E-state index in [1.807, 2.05) is 6.92 Å². The molecule has 110 valence electrons. The predicted octanol–water partition coefficient (Wildman–Crippen LogP) is 1.08. The molecule has 1 aliphatic rings. The summed E-state index contributed by atoms with van der Waals surface area (Å²) in [7, 11) is -1.88. The number of hydrogen-bond donors (Lipinski definition) is 2. The second-order valence-electron chi connectivity index (χ2n) is 4.65. The van der Waals surface area contributed by atoms with Gasteiger partial charge in [-0.15, -0.1) is 0 Å². The Labute approximate surface area is 119 Å². The van der Waals surface area contributed by atoms with E-state index in [4.69, 9.17) is 0 Å². The number of carbonyl (C=O) groups excluding carboxylic acids is 1. The Morgan fingerprint density at radius 3 is 2.80 bits per heavy atom. The van der Waals surface area contributed by atoms with Crippen molar-refractivity contribution in [2.45, 2.75) is 24.7 Å². The number of fused-ring (bicyclic) bond motifs is 1. The van der Waals surface area contributed by atoms with Crippen molar-refractivity contribution in [3.8, 4) is 0 Å². The number of rotatable bonds is 4. The van der Waals surface area contributed by atoms with Gasteiger partial charge in [-0.2, -0.15) is 0 Å². The maximum atomic E-state index is 12.1. The van der Waals surface area contributed by atoms with Gasteiger partial charge in [0, 0.05) is 25.8 Å². The van der Waals surface area contributed by atoms with Crippen molar-refractivity contribution in [2.24, 2.45) is 0 Å². The molecule has 0 unspecified atom stereocenters. The molecule has 0 bridgehead atoms. The Hall–Kier alpha value is -1.60. The Bertz CT molecular complexity index is 613. The van der Waals surface area contributed by atoms with Gasteiger partial charge in [-0.05, 0) is 36.6 Å². The van der Waals surface area contributed by atoms with Crippen LogP contribution in [0.25, 0.3) is 0 Å². The number of urea groups is 1. The molecule has 7 heteroatoms. The van der Waals surface area contributed by atoms with Crippen LogP contribution in [0.4, 0.5) is 10.5 Å². The van der Waals surface area contributed by atoms with E-state index in [9.17, 15) is 13.2 Å². The molecule has 0 saturated carbocycles. The molecule has 0 radical (unpaired) electrons. The van der Waals surface area contributed by atoms with Gasteiger partial charge in [0.25, 0.3) is 0 Å². The van der Waals surface area contributed by atoms with Crippen LogP contribution < -0.4 is 14.9 Å². The maximum Gasteiger partial charge on any atom is 0.321 e. The minimum atomic E-state index is -3.46. The molecule has 6 nitrogen and oxygen atoms in total. The number of nitrogens with zero attached hydrogens (tertiary/aromatic N) is 1. The van der Waals surface area contributed by atoms with Crippen LogP contribution in [0.1, 0.15) is 18.9 Å². The van der Waals surface area contributed by atoms with Crippen LogP contribution >= 0.6 is 0 Å². The normalized spacial score (nSPS) is 14.2. The summed E-state index contributed by atoms with van der Waals surface area (Å²) in [4.78, 5) is 13.6. The molecule has 2 N–H and O–H groups in total. The van der Waals surface area contributed by atoms with Gasteiger partial charge < -0.3 is 5.32 Å². The molecule has 2 rings (SSSR count). The van der Waals surface area contributed by atoms with Gasteiger partial charge in [0.1, 0.15) is 0 Å². The molecule has 0 saturated heterocycles. The molecule has 1 aromatic carbocycles. The topological polar surface area (TPSA) is 78.5 Å². The third kappa shape index (κ3) is 2.78. The molecular formula is C13H19N3O3S. The summed E-state index contributed by atoms with van der Waals surface area (Å²) in [5, 5.41) is 2.58. The highest BCUT2D eigenvalue weighted by atomic mass is 32.2. The average Bonchev–Trinajstić information content (AvgIpc) is 2.87. The minimum Gasteiger partial charge on any atom is -0.341 e. The van der Waals surface area contributed by atoms with Crippen LogP contribution in [0.2, 0.25) is 0 Å². The van der Waals surface area contributed by atoms with E-state index in [1.54, 1.807) is 24.1 Å². The Balaban J connectivity index is 2.29. The number of carbonyl (C=O) groups is 1. The summed E-state index contributed by atoms with van der Waals surface area (Å²) in [6, 6.07) is 4.70. The van der Waals surface area contributed by atoms with Crippen molar-refractivity contribution in [1.29, 1.82) is 0 Å². The lowest BCUT2D eigenvalue weighted by molar-refractivity contribution is 0.248. The van der Waals surface area contributed by atoms with Crippen LogP contribution in [0.3, 0.4) is 0 Å². The lowest BCUT2D eigenvalue weighted by atomic mass is 10.2. The van der Waals surface area contributed by atoms with Crippen LogP contribution in [-0.2, 0) is 16.4 Å². The summed E-state index contributed by atoms with van der Waals surface area (Å²) >= 11 is 0. The zero-order valence-corrected chi connectivity index (χ0v) is 12.5. The van der Waals surface area contributed by atoms with E-state index in [2.05, 4.69) is 10.0 Å². The van der Waals surface area contributed by atoms with Gasteiger partial charge in [-0.25, -0.2) is 17.9 Å². The first-order valence-electron chi connectivity index (χ1n) is 6.61. The first kappa shape index (κ1) is 14.8. The zero-order valence-electron chi connectivity index (χ0n) is 11.6. The molecule has 0 aromatic heterocycles. The quantitative estimate of drug-likeness (QED) is 0.873. The van der Waals surface area contributed by atoms with Crippen LogP contribution in [0.15, 0.2) is 23.1 Å². The third-order valence-electron chi connectivity index (χ3n) is 3.26. The second kappa shape index (κ2) is 5.80. The van der Waals surface area contributed by atoms with Crippen LogP contribution in [-0.4, -0.2) is 34.6 Å². The highest BCUT2D eigenvalue weighted by Gasteiger charge is 2.25. The van der Waals surface area contributed by atoms with Gasteiger partial charge in [-0.1, -0.05) is 6.92 Å². The summed E-state index contributed by atoms with van der Waals surface area (Å²) in [5.74, 6) is 0. The van der Waals surface area contributed by atoms with Gasteiger partial charge in [0.2, 0.25) is 10.0 Å². The standard InChI is InChI=1S/C13H19N3O3S/c1-3-7-15-20(18,19)11-4-5-12-10(9-11)6-8-16(12)13(17)14-2/h4-5,9,15H,3,6-8H2,1-2H3,(H,14,17). The monoisotopic (exact) mass is 297 g/mol. The van der Waals surface area contributed by atoms with Gasteiger partial charge in [-0.3, -0.25) is 4.90 Å². The summed E-state index contributed by atoms with van der Waals surface area (Å²) in [5.41, 5.74) is 1.66. The molecule has 1 aliphatic heterocycles. The highest BCUT2D eigenvalue weighted by molar-refractivity contribution is 7.89. The lowest BCUT2D eigenvalue weighted by Gasteiger charge is -2.16.